The van der Waals surface area contributed by atoms with Crippen molar-refractivity contribution in [1.29, 1.82) is 0 Å². The Labute approximate surface area is 112 Å². The second-order valence-electron chi connectivity index (χ2n) is 4.06. The summed E-state index contributed by atoms with van der Waals surface area (Å²) in [6.07, 6.45) is 0.0363. The summed E-state index contributed by atoms with van der Waals surface area (Å²) in [5, 5.41) is 8.95. The van der Waals surface area contributed by atoms with Crippen LogP contribution in [0.4, 0.5) is 5.69 Å². The van der Waals surface area contributed by atoms with Crippen molar-refractivity contribution in [2.24, 2.45) is 5.92 Å². The van der Waals surface area contributed by atoms with Crippen LogP contribution in [0.2, 0.25) is 0 Å². The van der Waals surface area contributed by atoms with E-state index in [1.165, 1.54) is 12.0 Å². The molecule has 18 heavy (non-hydrogen) atoms. The summed E-state index contributed by atoms with van der Waals surface area (Å²) in [4.78, 5) is 24.2. The summed E-state index contributed by atoms with van der Waals surface area (Å²) in [5.41, 5.74) is 0.606. The molecule has 1 amide bonds. The predicted molar refractivity (Wildman–Crippen MR) is 68.8 cm³/mol. The lowest BCUT2D eigenvalue weighted by Crippen LogP contribution is -2.26. The van der Waals surface area contributed by atoms with Gasteiger partial charge in [-0.15, -0.1) is 0 Å². The third kappa shape index (κ3) is 2.33. The molecule has 1 aliphatic rings. The Bertz CT molecular complexity index is 503. The van der Waals surface area contributed by atoms with E-state index in [0.29, 0.717) is 11.4 Å². The molecule has 0 bridgehead atoms. The molecular weight excluding hydrogens is 302 g/mol. The number of carbonyl (C=O) groups is 2. The number of hydrogen-bond donors (Lipinski definition) is 1. The van der Waals surface area contributed by atoms with Crippen molar-refractivity contribution in [3.63, 3.8) is 0 Å². The third-order valence-electron chi connectivity index (χ3n) is 2.91. The molecule has 1 aromatic carbocycles. The largest absolute Gasteiger partial charge is 0.495 e. The monoisotopic (exact) mass is 313 g/mol. The van der Waals surface area contributed by atoms with Crippen LogP contribution in [-0.4, -0.2) is 30.6 Å². The molecule has 1 atom stereocenters. The Morgan fingerprint density at radius 1 is 1.56 bits per heavy atom. The molecule has 1 N–H and O–H groups in total. The zero-order valence-corrected chi connectivity index (χ0v) is 11.3. The maximum atomic E-state index is 11.8. The van der Waals surface area contributed by atoms with Crippen molar-refractivity contribution in [2.75, 3.05) is 18.6 Å². The van der Waals surface area contributed by atoms with Crippen molar-refractivity contribution < 1.29 is 19.4 Å². The molecule has 0 saturated carbocycles. The molecule has 6 heteroatoms. The topological polar surface area (TPSA) is 66.8 Å². The Balaban J connectivity index is 2.32. The van der Waals surface area contributed by atoms with E-state index in [4.69, 9.17) is 9.84 Å². The van der Waals surface area contributed by atoms with E-state index in [2.05, 4.69) is 15.9 Å². The Morgan fingerprint density at radius 2 is 2.28 bits per heavy atom. The highest BCUT2D eigenvalue weighted by Crippen LogP contribution is 2.35. The summed E-state index contributed by atoms with van der Waals surface area (Å²) >= 11 is 3.32. The number of rotatable bonds is 3. The molecule has 1 aromatic rings. The maximum absolute atomic E-state index is 11.8. The zero-order chi connectivity index (χ0) is 13.3. The predicted octanol–water partition coefficient (Wildman–Crippen LogP) is 1.90. The number of carboxylic acid groups (broad SMARTS) is 1. The summed E-state index contributed by atoms with van der Waals surface area (Å²) in [6.45, 7) is 0.187. The van der Waals surface area contributed by atoms with Crippen LogP contribution in [0.5, 0.6) is 5.75 Å². The average Bonchev–Trinajstić information content (AvgIpc) is 2.71. The van der Waals surface area contributed by atoms with Gasteiger partial charge in [0.05, 0.1) is 18.7 Å². The Kier molecular flexibility index (Phi) is 3.56. The second kappa shape index (κ2) is 4.97. The zero-order valence-electron chi connectivity index (χ0n) is 9.72. The van der Waals surface area contributed by atoms with E-state index >= 15 is 0 Å². The molecule has 96 valence electrons. The van der Waals surface area contributed by atoms with Gasteiger partial charge in [-0.05, 0) is 18.2 Å². The molecule has 1 heterocycles. The van der Waals surface area contributed by atoms with E-state index < -0.39 is 11.9 Å². The summed E-state index contributed by atoms with van der Waals surface area (Å²) in [7, 11) is 1.51. The van der Waals surface area contributed by atoms with Crippen LogP contribution in [0.1, 0.15) is 6.42 Å². The first kappa shape index (κ1) is 12.9. The van der Waals surface area contributed by atoms with E-state index in [-0.39, 0.29) is 18.9 Å². The lowest BCUT2D eigenvalue weighted by atomic mass is 10.1. The fourth-order valence-corrected chi connectivity index (χ4v) is 2.32. The third-order valence-corrected chi connectivity index (χ3v) is 3.40. The quantitative estimate of drug-likeness (QED) is 0.925. The fraction of sp³-hybridized carbons (Fsp3) is 0.333. The van der Waals surface area contributed by atoms with Crippen LogP contribution >= 0.6 is 15.9 Å². The molecule has 0 radical (unpaired) electrons. The van der Waals surface area contributed by atoms with Crippen LogP contribution in [0.25, 0.3) is 0 Å². The molecule has 0 aromatic heterocycles. The van der Waals surface area contributed by atoms with Crippen molar-refractivity contribution in [1.82, 2.24) is 0 Å². The molecule has 1 saturated heterocycles. The van der Waals surface area contributed by atoms with Crippen LogP contribution < -0.4 is 9.64 Å². The lowest BCUT2D eigenvalue weighted by Gasteiger charge is -2.19. The molecule has 1 fully saturated rings. The number of methoxy groups -OCH3 is 1. The summed E-state index contributed by atoms with van der Waals surface area (Å²) in [5.74, 6) is -1.24. The van der Waals surface area contributed by atoms with Gasteiger partial charge in [-0.1, -0.05) is 15.9 Å². The van der Waals surface area contributed by atoms with Gasteiger partial charge in [0.1, 0.15) is 5.75 Å². The van der Waals surface area contributed by atoms with Crippen LogP contribution in [0.15, 0.2) is 22.7 Å². The number of anilines is 1. The van der Waals surface area contributed by atoms with Crippen molar-refractivity contribution >= 4 is 33.5 Å². The van der Waals surface area contributed by atoms with E-state index in [1.54, 1.807) is 18.2 Å². The number of amides is 1. The minimum absolute atomic E-state index is 0.0363. The minimum atomic E-state index is -0.943. The Hall–Kier alpha value is -1.56. The smallest absolute Gasteiger partial charge is 0.308 e. The van der Waals surface area contributed by atoms with E-state index in [0.717, 1.165) is 4.47 Å². The highest BCUT2D eigenvalue weighted by atomic mass is 79.9. The van der Waals surface area contributed by atoms with Crippen LogP contribution in [0.3, 0.4) is 0 Å². The first-order valence-electron chi connectivity index (χ1n) is 5.39. The van der Waals surface area contributed by atoms with Gasteiger partial charge < -0.3 is 14.7 Å². The number of ether oxygens (including phenoxy) is 1. The molecular formula is C12H12BrNO4. The van der Waals surface area contributed by atoms with Gasteiger partial charge in [0.15, 0.2) is 0 Å². The summed E-state index contributed by atoms with van der Waals surface area (Å²) in [6, 6.07) is 5.28. The molecule has 2 rings (SSSR count). The molecule has 0 spiro atoms. The first-order chi connectivity index (χ1) is 8.52. The van der Waals surface area contributed by atoms with Gasteiger partial charge in [-0.25, -0.2) is 0 Å². The van der Waals surface area contributed by atoms with Gasteiger partial charge in [0.2, 0.25) is 5.91 Å². The van der Waals surface area contributed by atoms with Gasteiger partial charge in [0.25, 0.3) is 0 Å². The van der Waals surface area contributed by atoms with E-state index in [9.17, 15) is 9.59 Å². The van der Waals surface area contributed by atoms with Gasteiger partial charge in [0, 0.05) is 17.4 Å². The van der Waals surface area contributed by atoms with Gasteiger partial charge in [-0.3, -0.25) is 9.59 Å². The highest BCUT2D eigenvalue weighted by Gasteiger charge is 2.36. The van der Waals surface area contributed by atoms with E-state index in [1.807, 2.05) is 0 Å². The standard InChI is InChI=1S/C12H12BrNO4/c1-18-10-5-8(13)2-3-9(10)14-6-7(12(16)17)4-11(14)15/h2-3,5,7H,4,6H2,1H3,(H,16,17). The Morgan fingerprint density at radius 3 is 2.83 bits per heavy atom. The van der Waals surface area contributed by atoms with Crippen molar-refractivity contribution in [3.05, 3.63) is 22.7 Å². The van der Waals surface area contributed by atoms with Crippen molar-refractivity contribution in [2.45, 2.75) is 6.42 Å². The number of carbonyl (C=O) groups excluding carboxylic acids is 1. The fourth-order valence-electron chi connectivity index (χ4n) is 1.98. The number of carboxylic acids is 1. The number of nitrogens with zero attached hydrogens (tertiary/aromatic N) is 1. The number of hydrogen-bond acceptors (Lipinski definition) is 3. The summed E-state index contributed by atoms with van der Waals surface area (Å²) < 4.78 is 6.05. The van der Waals surface area contributed by atoms with Gasteiger partial charge >= 0.3 is 5.97 Å². The molecule has 5 nitrogen and oxygen atoms in total. The normalized spacial score (nSPS) is 19.1. The number of benzene rings is 1. The number of halogens is 1. The van der Waals surface area contributed by atoms with Crippen LogP contribution in [0, 0.1) is 5.92 Å². The highest BCUT2D eigenvalue weighted by molar-refractivity contribution is 9.10. The SMILES string of the molecule is COc1cc(Br)ccc1N1CC(C(=O)O)CC1=O. The molecule has 1 aliphatic heterocycles. The number of aliphatic carboxylic acids is 1. The first-order valence-corrected chi connectivity index (χ1v) is 6.19. The minimum Gasteiger partial charge on any atom is -0.495 e. The van der Waals surface area contributed by atoms with Crippen molar-refractivity contribution in [3.8, 4) is 5.75 Å². The maximum Gasteiger partial charge on any atom is 0.308 e. The lowest BCUT2D eigenvalue weighted by molar-refractivity contribution is -0.141. The van der Waals surface area contributed by atoms with Crippen LogP contribution in [-0.2, 0) is 9.59 Å². The van der Waals surface area contributed by atoms with Gasteiger partial charge in [-0.2, -0.15) is 0 Å². The molecule has 0 aliphatic carbocycles. The average molecular weight is 314 g/mol. The second-order valence-corrected chi connectivity index (χ2v) is 4.98. The molecule has 1 unspecified atom stereocenters.